The maximum atomic E-state index is 12.6. The lowest BCUT2D eigenvalue weighted by Crippen LogP contribution is -2.57. The maximum Gasteiger partial charge on any atom is 0.246 e. The van der Waals surface area contributed by atoms with Crippen LogP contribution in [0.4, 0.5) is 0 Å². The lowest BCUT2D eigenvalue weighted by Gasteiger charge is -2.43. The number of carbonyl (C=O) groups is 2. The second-order valence-corrected chi connectivity index (χ2v) is 7.78. The number of nitrogens with one attached hydrogen (secondary N) is 1. The molecule has 3 rings (SSSR count). The summed E-state index contributed by atoms with van der Waals surface area (Å²) < 4.78 is 4.97. The molecule has 0 spiro atoms. The largest absolute Gasteiger partial charge is 0.375 e. The smallest absolute Gasteiger partial charge is 0.246 e. The van der Waals surface area contributed by atoms with Gasteiger partial charge in [0.15, 0.2) is 0 Å². The molecule has 26 heavy (non-hydrogen) atoms. The lowest BCUT2D eigenvalue weighted by molar-refractivity contribution is -0.133. The Balaban J connectivity index is 1.51. The van der Waals surface area contributed by atoms with Crippen LogP contribution in [-0.4, -0.2) is 49.1 Å². The van der Waals surface area contributed by atoms with E-state index in [9.17, 15) is 9.59 Å². The summed E-state index contributed by atoms with van der Waals surface area (Å²) >= 11 is 0. The fourth-order valence-corrected chi connectivity index (χ4v) is 3.96. The minimum atomic E-state index is -0.160. The Morgan fingerprint density at radius 2 is 1.88 bits per heavy atom. The van der Waals surface area contributed by atoms with Crippen LogP contribution in [0.2, 0.25) is 0 Å². The van der Waals surface area contributed by atoms with Crippen LogP contribution in [0.25, 0.3) is 0 Å². The summed E-state index contributed by atoms with van der Waals surface area (Å²) in [6.45, 7) is 1.56. The molecule has 5 heteroatoms. The van der Waals surface area contributed by atoms with Crippen molar-refractivity contribution in [3.8, 4) is 0 Å². The number of carbonyl (C=O) groups excluding carboxylic acids is 2. The van der Waals surface area contributed by atoms with Gasteiger partial charge < -0.3 is 15.0 Å². The molecule has 0 bridgehead atoms. The molecule has 0 atom stereocenters. The first kappa shape index (κ1) is 18.9. The van der Waals surface area contributed by atoms with Gasteiger partial charge in [-0.1, -0.05) is 43.2 Å². The van der Waals surface area contributed by atoms with E-state index in [1.807, 2.05) is 23.1 Å². The van der Waals surface area contributed by atoms with E-state index >= 15 is 0 Å². The van der Waals surface area contributed by atoms with Crippen LogP contribution in [0, 0.1) is 5.92 Å². The van der Waals surface area contributed by atoms with Crippen molar-refractivity contribution in [3.63, 3.8) is 0 Å². The molecule has 1 aromatic rings. The van der Waals surface area contributed by atoms with Crippen molar-refractivity contribution in [2.45, 2.75) is 50.5 Å². The molecular weight excluding hydrogens is 328 g/mol. The van der Waals surface area contributed by atoms with Gasteiger partial charge in [-0.3, -0.25) is 9.59 Å². The van der Waals surface area contributed by atoms with Gasteiger partial charge in [-0.25, -0.2) is 0 Å². The van der Waals surface area contributed by atoms with Crippen molar-refractivity contribution in [3.05, 3.63) is 35.9 Å². The molecule has 142 valence electrons. The number of nitrogens with zero attached hydrogens (tertiary/aromatic N) is 1. The zero-order chi connectivity index (χ0) is 18.4. The van der Waals surface area contributed by atoms with Gasteiger partial charge in [0.1, 0.15) is 6.61 Å². The molecule has 2 amide bonds. The highest BCUT2D eigenvalue weighted by Crippen LogP contribution is 2.40. The Bertz CT molecular complexity index is 605. The van der Waals surface area contributed by atoms with Gasteiger partial charge in [0.25, 0.3) is 0 Å². The molecule has 0 aromatic heterocycles. The third-order valence-corrected chi connectivity index (χ3v) is 5.60. The number of benzene rings is 1. The molecular formula is C21H30N2O3. The standard InChI is InChI=1S/C21H30N2O3/c1-26-16-19(24)22-21(15-18-7-8-18)11-13-23(14-12-21)20(25)10-9-17-5-3-2-4-6-17/h2-6,18H,7-16H2,1H3,(H,22,24). The van der Waals surface area contributed by atoms with Crippen LogP contribution < -0.4 is 5.32 Å². The Morgan fingerprint density at radius 1 is 1.19 bits per heavy atom. The molecule has 5 nitrogen and oxygen atoms in total. The quantitative estimate of drug-likeness (QED) is 0.777. The van der Waals surface area contributed by atoms with Crippen molar-refractivity contribution in [1.82, 2.24) is 10.2 Å². The fourth-order valence-electron chi connectivity index (χ4n) is 3.96. The maximum absolute atomic E-state index is 12.6. The second kappa shape index (κ2) is 8.67. The van der Waals surface area contributed by atoms with Gasteiger partial charge in [-0.15, -0.1) is 0 Å². The van der Waals surface area contributed by atoms with Crippen molar-refractivity contribution >= 4 is 11.8 Å². The van der Waals surface area contributed by atoms with E-state index in [0.717, 1.165) is 44.7 Å². The van der Waals surface area contributed by atoms with E-state index in [1.54, 1.807) is 7.11 Å². The summed E-state index contributed by atoms with van der Waals surface area (Å²) in [4.78, 5) is 26.6. The van der Waals surface area contributed by atoms with E-state index in [0.29, 0.717) is 6.42 Å². The van der Waals surface area contributed by atoms with Crippen LogP contribution in [-0.2, 0) is 20.7 Å². The summed E-state index contributed by atoms with van der Waals surface area (Å²) in [5.74, 6) is 0.910. The molecule has 1 saturated carbocycles. The molecule has 0 radical (unpaired) electrons. The summed E-state index contributed by atoms with van der Waals surface area (Å²) in [7, 11) is 1.54. The van der Waals surface area contributed by atoms with E-state index in [1.165, 1.54) is 18.4 Å². The number of aryl methyl sites for hydroxylation is 1. The van der Waals surface area contributed by atoms with Crippen molar-refractivity contribution < 1.29 is 14.3 Å². The number of hydrogen-bond acceptors (Lipinski definition) is 3. The van der Waals surface area contributed by atoms with Crippen LogP contribution in [0.5, 0.6) is 0 Å². The minimum absolute atomic E-state index is 0.0444. The first-order chi connectivity index (χ1) is 12.6. The highest BCUT2D eigenvalue weighted by atomic mass is 16.5. The Labute approximate surface area is 156 Å². The van der Waals surface area contributed by atoms with Crippen LogP contribution in [0.15, 0.2) is 30.3 Å². The molecule has 1 aliphatic heterocycles. The van der Waals surface area contributed by atoms with Crippen molar-refractivity contribution in [2.75, 3.05) is 26.8 Å². The summed E-state index contributed by atoms with van der Waals surface area (Å²) in [6, 6.07) is 10.1. The molecule has 2 fully saturated rings. The second-order valence-electron chi connectivity index (χ2n) is 7.78. The molecule has 2 aliphatic rings. The monoisotopic (exact) mass is 358 g/mol. The summed E-state index contributed by atoms with van der Waals surface area (Å²) in [6.07, 6.45) is 6.59. The molecule has 1 saturated heterocycles. The zero-order valence-electron chi connectivity index (χ0n) is 15.7. The van der Waals surface area contributed by atoms with Gasteiger partial charge in [0.2, 0.25) is 11.8 Å². The number of piperidine rings is 1. The molecule has 0 unspecified atom stereocenters. The van der Waals surface area contributed by atoms with Crippen molar-refractivity contribution in [2.24, 2.45) is 5.92 Å². The predicted molar refractivity (Wildman–Crippen MR) is 101 cm³/mol. The summed E-state index contributed by atoms with van der Waals surface area (Å²) in [5, 5.41) is 3.22. The summed E-state index contributed by atoms with van der Waals surface area (Å²) in [5.41, 5.74) is 1.04. The van der Waals surface area contributed by atoms with Crippen LogP contribution >= 0.6 is 0 Å². The zero-order valence-corrected chi connectivity index (χ0v) is 15.7. The Morgan fingerprint density at radius 3 is 2.50 bits per heavy atom. The third kappa shape index (κ3) is 5.31. The van der Waals surface area contributed by atoms with E-state index in [4.69, 9.17) is 4.74 Å². The van der Waals surface area contributed by atoms with Crippen molar-refractivity contribution in [1.29, 1.82) is 0 Å². The van der Waals surface area contributed by atoms with Gasteiger partial charge in [-0.05, 0) is 37.2 Å². The first-order valence-electron chi connectivity index (χ1n) is 9.72. The fraction of sp³-hybridized carbons (Fsp3) is 0.619. The van der Waals surface area contributed by atoms with Gasteiger partial charge >= 0.3 is 0 Å². The number of amides is 2. The van der Waals surface area contributed by atoms with E-state index in [2.05, 4.69) is 17.4 Å². The SMILES string of the molecule is COCC(=O)NC1(CC2CC2)CCN(C(=O)CCc2ccccc2)CC1. The number of rotatable bonds is 8. The first-order valence-corrected chi connectivity index (χ1v) is 9.72. The van der Waals surface area contributed by atoms with Gasteiger partial charge in [0, 0.05) is 32.2 Å². The highest BCUT2D eigenvalue weighted by Gasteiger charge is 2.41. The molecule has 1 heterocycles. The average Bonchev–Trinajstić information content (AvgIpc) is 3.45. The predicted octanol–water partition coefficient (Wildman–Crippen LogP) is 2.54. The Kier molecular flexibility index (Phi) is 6.30. The van der Waals surface area contributed by atoms with Crippen LogP contribution in [0.1, 0.15) is 44.1 Å². The molecule has 1 N–H and O–H groups in total. The van der Waals surface area contributed by atoms with Gasteiger partial charge in [0.05, 0.1) is 0 Å². The minimum Gasteiger partial charge on any atom is -0.375 e. The van der Waals surface area contributed by atoms with Gasteiger partial charge in [-0.2, -0.15) is 0 Å². The highest BCUT2D eigenvalue weighted by molar-refractivity contribution is 5.78. The van der Waals surface area contributed by atoms with E-state index in [-0.39, 0.29) is 24.0 Å². The number of likely N-dealkylation sites (tertiary alicyclic amines) is 1. The topological polar surface area (TPSA) is 58.6 Å². The molecule has 1 aromatic carbocycles. The number of hydrogen-bond donors (Lipinski definition) is 1. The molecule has 1 aliphatic carbocycles. The third-order valence-electron chi connectivity index (χ3n) is 5.60. The van der Waals surface area contributed by atoms with E-state index < -0.39 is 0 Å². The van der Waals surface area contributed by atoms with Crippen LogP contribution in [0.3, 0.4) is 0 Å². The normalized spacial score (nSPS) is 19.2. The average molecular weight is 358 g/mol. The number of ether oxygens (including phenoxy) is 1. The lowest BCUT2D eigenvalue weighted by atomic mass is 9.82. The number of methoxy groups -OCH3 is 1. The Hall–Kier alpha value is -1.88.